The third-order valence-electron chi connectivity index (χ3n) is 4.72. The highest BCUT2D eigenvalue weighted by molar-refractivity contribution is 6.10. The first-order valence-corrected chi connectivity index (χ1v) is 10.1. The summed E-state index contributed by atoms with van der Waals surface area (Å²) in [5.74, 6) is -0.870. The molecule has 0 radical (unpaired) electrons. The zero-order chi connectivity index (χ0) is 25.4. The van der Waals surface area contributed by atoms with Gasteiger partial charge in [-0.2, -0.15) is 5.26 Å². The van der Waals surface area contributed by atoms with E-state index in [0.717, 1.165) is 6.07 Å². The van der Waals surface area contributed by atoms with Crippen molar-refractivity contribution in [2.24, 2.45) is 0 Å². The number of benzene rings is 3. The van der Waals surface area contributed by atoms with Crippen molar-refractivity contribution in [3.8, 4) is 23.3 Å². The number of rotatable bonds is 8. The van der Waals surface area contributed by atoms with Crippen LogP contribution in [0, 0.1) is 21.4 Å². The summed E-state index contributed by atoms with van der Waals surface area (Å²) in [5, 5.41) is 23.0. The van der Waals surface area contributed by atoms with Crippen molar-refractivity contribution >= 4 is 29.3 Å². The molecule has 0 heterocycles. The summed E-state index contributed by atoms with van der Waals surface area (Å²) in [6, 6.07) is 18.5. The van der Waals surface area contributed by atoms with E-state index >= 15 is 0 Å². The number of hydrogen-bond donors (Lipinski definition) is 1. The molecule has 10 heteroatoms. The zero-order valence-electron chi connectivity index (χ0n) is 18.7. The monoisotopic (exact) mass is 473 g/mol. The highest BCUT2D eigenvalue weighted by atomic mass is 16.6. The van der Waals surface area contributed by atoms with Gasteiger partial charge in [0, 0.05) is 6.07 Å². The van der Waals surface area contributed by atoms with Gasteiger partial charge in [-0.3, -0.25) is 14.9 Å². The molecule has 0 aliphatic rings. The van der Waals surface area contributed by atoms with Gasteiger partial charge in [-0.15, -0.1) is 0 Å². The Balaban J connectivity index is 1.82. The van der Waals surface area contributed by atoms with E-state index in [-0.39, 0.29) is 34.2 Å². The van der Waals surface area contributed by atoms with Gasteiger partial charge in [-0.1, -0.05) is 24.3 Å². The van der Waals surface area contributed by atoms with Gasteiger partial charge < -0.3 is 19.5 Å². The fourth-order valence-electron chi connectivity index (χ4n) is 2.99. The van der Waals surface area contributed by atoms with Crippen LogP contribution in [-0.2, 0) is 4.79 Å². The van der Waals surface area contributed by atoms with E-state index in [4.69, 9.17) is 14.2 Å². The van der Waals surface area contributed by atoms with Crippen LogP contribution in [-0.4, -0.2) is 31.0 Å². The fraction of sp³-hybridized carbons (Fsp3) is 0.0800. The minimum absolute atomic E-state index is 0.0658. The molecule has 0 saturated carbocycles. The molecule has 176 valence electrons. The van der Waals surface area contributed by atoms with Crippen LogP contribution in [0.1, 0.15) is 15.9 Å². The predicted molar refractivity (Wildman–Crippen MR) is 126 cm³/mol. The van der Waals surface area contributed by atoms with E-state index in [0.29, 0.717) is 11.1 Å². The molecule has 0 aliphatic heterocycles. The maximum absolute atomic E-state index is 12.7. The Labute approximate surface area is 200 Å². The average molecular weight is 473 g/mol. The van der Waals surface area contributed by atoms with E-state index in [1.807, 2.05) is 6.07 Å². The van der Waals surface area contributed by atoms with Gasteiger partial charge in [0.05, 0.1) is 36.5 Å². The molecule has 0 aliphatic carbocycles. The van der Waals surface area contributed by atoms with E-state index in [9.17, 15) is 25.0 Å². The van der Waals surface area contributed by atoms with Gasteiger partial charge in [0.25, 0.3) is 11.6 Å². The van der Waals surface area contributed by atoms with Crippen LogP contribution in [0.5, 0.6) is 17.2 Å². The first-order valence-electron chi connectivity index (χ1n) is 10.1. The molecule has 0 saturated heterocycles. The van der Waals surface area contributed by atoms with Crippen molar-refractivity contribution in [1.82, 2.24) is 0 Å². The molecule has 0 unspecified atom stereocenters. The molecule has 0 atom stereocenters. The number of hydrogen-bond acceptors (Lipinski definition) is 8. The smallest absolute Gasteiger partial charge is 0.343 e. The summed E-state index contributed by atoms with van der Waals surface area (Å²) in [5.41, 5.74) is 0.495. The number of ether oxygens (including phenoxy) is 3. The average Bonchev–Trinajstić information content (AvgIpc) is 2.88. The molecular weight excluding hydrogens is 454 g/mol. The first-order chi connectivity index (χ1) is 16.9. The number of carbonyl (C=O) groups excluding carboxylic acids is 2. The molecule has 0 aromatic heterocycles. The SMILES string of the molecule is COc1cc([N+](=O)[O-])ccc1NC(=O)/C(C#N)=C/c1ccc(OC(=O)c2ccccc2)c(OC)c1. The lowest BCUT2D eigenvalue weighted by molar-refractivity contribution is -0.384. The Morgan fingerprint density at radius 3 is 2.31 bits per heavy atom. The van der Waals surface area contributed by atoms with Gasteiger partial charge >= 0.3 is 5.97 Å². The minimum Gasteiger partial charge on any atom is -0.494 e. The fourth-order valence-corrected chi connectivity index (χ4v) is 2.99. The Bertz CT molecular complexity index is 1340. The lowest BCUT2D eigenvalue weighted by atomic mass is 10.1. The molecule has 3 aromatic rings. The lowest BCUT2D eigenvalue weighted by Crippen LogP contribution is -2.14. The van der Waals surface area contributed by atoms with Gasteiger partial charge in [0.1, 0.15) is 17.4 Å². The molecule has 35 heavy (non-hydrogen) atoms. The van der Waals surface area contributed by atoms with Crippen molar-refractivity contribution < 1.29 is 28.7 Å². The highest BCUT2D eigenvalue weighted by Crippen LogP contribution is 2.31. The second kappa shape index (κ2) is 11.1. The second-order valence-electron chi connectivity index (χ2n) is 6.93. The lowest BCUT2D eigenvalue weighted by Gasteiger charge is -2.11. The topological polar surface area (TPSA) is 141 Å². The number of nitro groups is 1. The molecule has 3 aromatic carbocycles. The Kier molecular flexibility index (Phi) is 7.77. The number of nitro benzene ring substituents is 1. The minimum atomic E-state index is -0.752. The number of non-ortho nitro benzene ring substituents is 1. The molecule has 0 fully saturated rings. The van der Waals surface area contributed by atoms with Crippen molar-refractivity contribution in [2.75, 3.05) is 19.5 Å². The van der Waals surface area contributed by atoms with Crippen LogP contribution in [0.15, 0.2) is 72.3 Å². The van der Waals surface area contributed by atoms with Crippen molar-refractivity contribution in [3.05, 3.63) is 93.5 Å². The normalized spacial score (nSPS) is 10.6. The molecule has 0 bridgehead atoms. The van der Waals surface area contributed by atoms with Crippen LogP contribution < -0.4 is 19.5 Å². The first kappa shape index (κ1) is 24.5. The molecule has 1 N–H and O–H groups in total. The van der Waals surface area contributed by atoms with Crippen molar-refractivity contribution in [3.63, 3.8) is 0 Å². The van der Waals surface area contributed by atoms with Crippen LogP contribution >= 0.6 is 0 Å². The molecule has 0 spiro atoms. The van der Waals surface area contributed by atoms with E-state index in [1.54, 1.807) is 36.4 Å². The van der Waals surface area contributed by atoms with Crippen molar-refractivity contribution in [1.29, 1.82) is 5.26 Å². The Hall–Kier alpha value is -5.17. The Morgan fingerprint density at radius 2 is 1.69 bits per heavy atom. The van der Waals surface area contributed by atoms with Gasteiger partial charge in [0.2, 0.25) is 0 Å². The molecule has 3 rings (SSSR count). The third kappa shape index (κ3) is 6.00. The number of methoxy groups -OCH3 is 2. The number of nitrogens with zero attached hydrogens (tertiary/aromatic N) is 2. The van der Waals surface area contributed by atoms with E-state index in [2.05, 4.69) is 5.32 Å². The number of nitrogens with one attached hydrogen (secondary N) is 1. The maximum Gasteiger partial charge on any atom is 0.343 e. The summed E-state index contributed by atoms with van der Waals surface area (Å²) in [4.78, 5) is 35.3. The van der Waals surface area contributed by atoms with Gasteiger partial charge in [0.15, 0.2) is 11.5 Å². The highest BCUT2D eigenvalue weighted by Gasteiger charge is 2.17. The molecule has 1 amide bonds. The predicted octanol–water partition coefficient (Wildman–Crippen LogP) is 4.38. The summed E-state index contributed by atoms with van der Waals surface area (Å²) in [7, 11) is 2.69. The number of carbonyl (C=O) groups is 2. The van der Waals surface area contributed by atoms with Crippen molar-refractivity contribution in [2.45, 2.75) is 0 Å². The van der Waals surface area contributed by atoms with Crippen LogP contribution in [0.3, 0.4) is 0 Å². The number of amides is 1. The maximum atomic E-state index is 12.7. The quantitative estimate of drug-likeness (QED) is 0.127. The number of esters is 1. The second-order valence-corrected chi connectivity index (χ2v) is 6.93. The summed E-state index contributed by atoms with van der Waals surface area (Å²) < 4.78 is 15.8. The third-order valence-corrected chi connectivity index (χ3v) is 4.72. The van der Waals surface area contributed by atoms with Gasteiger partial charge in [-0.25, -0.2) is 4.79 Å². The number of anilines is 1. The summed E-state index contributed by atoms with van der Waals surface area (Å²) >= 11 is 0. The summed E-state index contributed by atoms with van der Waals surface area (Å²) in [6.07, 6.45) is 1.32. The van der Waals surface area contributed by atoms with Crippen LogP contribution in [0.2, 0.25) is 0 Å². The largest absolute Gasteiger partial charge is 0.494 e. The zero-order valence-corrected chi connectivity index (χ0v) is 18.7. The Morgan fingerprint density at radius 1 is 0.971 bits per heavy atom. The van der Waals surface area contributed by atoms with Gasteiger partial charge in [-0.05, 0) is 42.0 Å². The summed E-state index contributed by atoms with van der Waals surface area (Å²) in [6.45, 7) is 0. The molecular formula is C25H19N3O7. The molecule has 10 nitrogen and oxygen atoms in total. The number of nitriles is 1. The van der Waals surface area contributed by atoms with Crippen LogP contribution in [0.25, 0.3) is 6.08 Å². The standard InChI is InChI=1S/C25H19N3O7/c1-33-22-14-19(28(31)32)9-10-20(22)27-24(29)18(15-26)12-16-8-11-21(23(13-16)34-2)35-25(30)17-6-4-3-5-7-17/h3-14H,1-2H3,(H,27,29)/b18-12+. The van der Waals surface area contributed by atoms with Crippen LogP contribution in [0.4, 0.5) is 11.4 Å². The van der Waals surface area contributed by atoms with E-state index in [1.165, 1.54) is 44.6 Å². The van der Waals surface area contributed by atoms with E-state index < -0.39 is 16.8 Å².